The quantitative estimate of drug-likeness (QED) is 0.564. The Bertz CT molecular complexity index is 671. The lowest BCUT2D eigenvalue weighted by Gasteiger charge is -2.10. The van der Waals surface area contributed by atoms with Gasteiger partial charge in [0.1, 0.15) is 17.2 Å². The molecule has 0 bridgehead atoms. The van der Waals surface area contributed by atoms with E-state index in [9.17, 15) is 0 Å². The van der Waals surface area contributed by atoms with Crippen LogP contribution in [0, 0.1) is 0 Å². The third-order valence-electron chi connectivity index (χ3n) is 3.35. The maximum Gasteiger partial charge on any atom is 0.131 e. The Morgan fingerprint density at radius 2 is 1.79 bits per heavy atom. The van der Waals surface area contributed by atoms with E-state index in [1.165, 1.54) is 0 Å². The summed E-state index contributed by atoms with van der Waals surface area (Å²) in [6.45, 7) is 5.71. The molecule has 0 aliphatic carbocycles. The molecule has 24 heavy (non-hydrogen) atoms. The molecule has 2 rings (SSSR count). The van der Waals surface area contributed by atoms with Crippen molar-refractivity contribution in [3.05, 3.63) is 53.6 Å². The molecule has 0 saturated carbocycles. The van der Waals surface area contributed by atoms with Crippen LogP contribution in [0.2, 0.25) is 0 Å². The van der Waals surface area contributed by atoms with Crippen molar-refractivity contribution in [1.82, 2.24) is 5.43 Å². The summed E-state index contributed by atoms with van der Waals surface area (Å²) in [5, 5.41) is 4.28. The monoisotopic (exact) mass is 328 g/mol. The molecular weight excluding hydrogens is 304 g/mol. The smallest absolute Gasteiger partial charge is 0.131 e. The molecule has 128 valence electrons. The van der Waals surface area contributed by atoms with Gasteiger partial charge in [0.05, 0.1) is 33.1 Å². The first-order valence-electron chi connectivity index (χ1n) is 8.06. The number of rotatable bonds is 9. The van der Waals surface area contributed by atoms with Crippen molar-refractivity contribution >= 4 is 6.21 Å². The van der Waals surface area contributed by atoms with Crippen LogP contribution in [0.3, 0.4) is 0 Å². The first-order chi connectivity index (χ1) is 11.8. The predicted molar refractivity (Wildman–Crippen MR) is 96.2 cm³/mol. The number of hydrogen-bond acceptors (Lipinski definition) is 5. The molecule has 0 aliphatic heterocycles. The van der Waals surface area contributed by atoms with Gasteiger partial charge in [-0.25, -0.2) is 0 Å². The molecule has 0 radical (unpaired) electrons. The fraction of sp³-hybridized carbons (Fsp3) is 0.316. The van der Waals surface area contributed by atoms with Gasteiger partial charge in [-0.05, 0) is 32.0 Å². The van der Waals surface area contributed by atoms with Gasteiger partial charge in [0.15, 0.2) is 0 Å². The summed E-state index contributed by atoms with van der Waals surface area (Å²) in [6, 6.07) is 13.6. The Morgan fingerprint density at radius 1 is 1.00 bits per heavy atom. The van der Waals surface area contributed by atoms with Crippen LogP contribution >= 0.6 is 0 Å². The van der Waals surface area contributed by atoms with Crippen molar-refractivity contribution in [2.45, 2.75) is 20.4 Å². The van der Waals surface area contributed by atoms with Crippen molar-refractivity contribution in [2.75, 3.05) is 20.3 Å². The zero-order valence-electron chi connectivity index (χ0n) is 14.4. The minimum atomic E-state index is 0.585. The molecule has 0 aliphatic rings. The summed E-state index contributed by atoms with van der Waals surface area (Å²) >= 11 is 0. The Balaban J connectivity index is 2.02. The van der Waals surface area contributed by atoms with E-state index in [1.54, 1.807) is 13.3 Å². The van der Waals surface area contributed by atoms with E-state index in [4.69, 9.17) is 14.2 Å². The molecule has 2 aromatic carbocycles. The normalized spacial score (nSPS) is 10.6. The number of para-hydroxylation sites is 1. The van der Waals surface area contributed by atoms with Crippen molar-refractivity contribution in [1.29, 1.82) is 0 Å². The molecule has 0 atom stereocenters. The van der Waals surface area contributed by atoms with Crippen LogP contribution in [-0.2, 0) is 6.54 Å². The number of hydrazone groups is 1. The molecule has 5 heteroatoms. The van der Waals surface area contributed by atoms with Gasteiger partial charge >= 0.3 is 0 Å². The summed E-state index contributed by atoms with van der Waals surface area (Å²) < 4.78 is 16.5. The predicted octanol–water partition coefficient (Wildman–Crippen LogP) is 3.62. The van der Waals surface area contributed by atoms with E-state index in [2.05, 4.69) is 10.5 Å². The molecule has 5 nitrogen and oxygen atoms in total. The Labute approximate surface area is 143 Å². The highest BCUT2D eigenvalue weighted by molar-refractivity contribution is 5.83. The number of benzene rings is 2. The fourth-order valence-corrected chi connectivity index (χ4v) is 2.25. The van der Waals surface area contributed by atoms with Gasteiger partial charge in [0.25, 0.3) is 0 Å². The van der Waals surface area contributed by atoms with E-state index in [0.717, 1.165) is 28.4 Å². The van der Waals surface area contributed by atoms with Crippen LogP contribution in [0.15, 0.2) is 47.6 Å². The van der Waals surface area contributed by atoms with E-state index in [1.807, 2.05) is 56.3 Å². The number of nitrogens with zero attached hydrogens (tertiary/aromatic N) is 1. The van der Waals surface area contributed by atoms with Crippen LogP contribution in [0.5, 0.6) is 17.2 Å². The van der Waals surface area contributed by atoms with Crippen LogP contribution in [0.1, 0.15) is 25.0 Å². The molecule has 0 aromatic heterocycles. The Morgan fingerprint density at radius 3 is 2.54 bits per heavy atom. The molecule has 0 heterocycles. The van der Waals surface area contributed by atoms with E-state index >= 15 is 0 Å². The zero-order chi connectivity index (χ0) is 17.2. The van der Waals surface area contributed by atoms with Gasteiger partial charge < -0.3 is 19.6 Å². The number of nitrogens with one attached hydrogen (secondary N) is 1. The topological polar surface area (TPSA) is 52.1 Å². The molecule has 0 unspecified atom stereocenters. The third-order valence-corrected chi connectivity index (χ3v) is 3.35. The lowest BCUT2D eigenvalue weighted by atomic mass is 10.2. The molecule has 0 spiro atoms. The Hall–Kier alpha value is -2.69. The second-order valence-electron chi connectivity index (χ2n) is 4.97. The SMILES string of the molecule is CCOc1ccc(/C=N\NCc2ccccc2OC)c(OCC)c1. The van der Waals surface area contributed by atoms with Gasteiger partial charge in [-0.1, -0.05) is 18.2 Å². The summed E-state index contributed by atoms with van der Waals surface area (Å²) in [7, 11) is 1.66. The molecule has 0 saturated heterocycles. The second-order valence-corrected chi connectivity index (χ2v) is 4.97. The van der Waals surface area contributed by atoms with E-state index in [-0.39, 0.29) is 0 Å². The molecule has 1 N–H and O–H groups in total. The highest BCUT2D eigenvalue weighted by Gasteiger charge is 2.04. The van der Waals surface area contributed by atoms with Crippen LogP contribution in [0.4, 0.5) is 0 Å². The molecule has 0 amide bonds. The third kappa shape index (κ3) is 4.91. The van der Waals surface area contributed by atoms with Crippen molar-refractivity contribution in [2.24, 2.45) is 5.10 Å². The number of ether oxygens (including phenoxy) is 3. The maximum absolute atomic E-state index is 5.66. The van der Waals surface area contributed by atoms with Crippen LogP contribution in [-0.4, -0.2) is 26.5 Å². The van der Waals surface area contributed by atoms with Gasteiger partial charge in [0, 0.05) is 17.2 Å². The van der Waals surface area contributed by atoms with Gasteiger partial charge in [-0.15, -0.1) is 0 Å². The van der Waals surface area contributed by atoms with Gasteiger partial charge in [-0.2, -0.15) is 5.10 Å². The van der Waals surface area contributed by atoms with Crippen molar-refractivity contribution < 1.29 is 14.2 Å². The van der Waals surface area contributed by atoms with E-state index < -0.39 is 0 Å². The molecule has 2 aromatic rings. The standard InChI is InChI=1S/C19H24N2O3/c1-4-23-17-11-10-16(19(12-17)24-5-2)14-21-20-13-15-8-6-7-9-18(15)22-3/h6-12,14,20H,4-5,13H2,1-3H3/b21-14-. The molecule has 0 fully saturated rings. The lowest BCUT2D eigenvalue weighted by Crippen LogP contribution is -2.07. The number of hydrogen-bond donors (Lipinski definition) is 1. The summed E-state index contributed by atoms with van der Waals surface area (Å²) in [6.07, 6.45) is 1.75. The van der Waals surface area contributed by atoms with Crippen LogP contribution in [0.25, 0.3) is 0 Å². The van der Waals surface area contributed by atoms with Gasteiger partial charge in [0.2, 0.25) is 0 Å². The largest absolute Gasteiger partial charge is 0.496 e. The zero-order valence-corrected chi connectivity index (χ0v) is 14.4. The highest BCUT2D eigenvalue weighted by atomic mass is 16.5. The average molecular weight is 328 g/mol. The molecular formula is C19H24N2O3. The first kappa shape index (κ1) is 17.7. The minimum Gasteiger partial charge on any atom is -0.496 e. The average Bonchev–Trinajstić information content (AvgIpc) is 2.61. The first-order valence-corrected chi connectivity index (χ1v) is 8.06. The summed E-state index contributed by atoms with van der Waals surface area (Å²) in [5.41, 5.74) is 4.98. The van der Waals surface area contributed by atoms with Crippen LogP contribution < -0.4 is 19.6 Å². The van der Waals surface area contributed by atoms with Crippen molar-refractivity contribution in [3.8, 4) is 17.2 Å². The van der Waals surface area contributed by atoms with Crippen molar-refractivity contribution in [3.63, 3.8) is 0 Å². The summed E-state index contributed by atoms with van der Waals surface area (Å²) in [5.74, 6) is 2.39. The van der Waals surface area contributed by atoms with Gasteiger partial charge in [-0.3, -0.25) is 0 Å². The van der Waals surface area contributed by atoms with E-state index in [0.29, 0.717) is 19.8 Å². The lowest BCUT2D eigenvalue weighted by molar-refractivity contribution is 0.323. The second kappa shape index (κ2) is 9.45. The maximum atomic E-state index is 5.66. The Kier molecular flexibility index (Phi) is 6.95. The summed E-state index contributed by atoms with van der Waals surface area (Å²) in [4.78, 5) is 0. The highest BCUT2D eigenvalue weighted by Crippen LogP contribution is 2.24. The number of methoxy groups -OCH3 is 1. The minimum absolute atomic E-state index is 0.585. The fourth-order valence-electron chi connectivity index (χ4n) is 2.25.